The number of hydrogen-bond donors (Lipinski definition) is 1. The van der Waals surface area contributed by atoms with Crippen molar-refractivity contribution in [1.29, 1.82) is 0 Å². The number of hydrogen-bond acceptors (Lipinski definition) is 4. The van der Waals surface area contributed by atoms with Crippen LogP contribution in [0.3, 0.4) is 0 Å². The topological polar surface area (TPSA) is 41.6 Å². The van der Waals surface area contributed by atoms with Gasteiger partial charge in [-0.2, -0.15) is 0 Å². The predicted octanol–water partition coefficient (Wildman–Crippen LogP) is 1.43. The average molecular weight is 277 g/mol. The molecule has 2 aliphatic rings. The summed E-state index contributed by atoms with van der Waals surface area (Å²) in [6.45, 7) is 1.30. The number of carbonyl (C=O) groups excluding carboxylic acids is 1. The quantitative estimate of drug-likeness (QED) is 0.789. The highest BCUT2D eigenvalue weighted by molar-refractivity contribution is 5.85. The zero-order valence-electron chi connectivity index (χ0n) is 11.4. The lowest BCUT2D eigenvalue weighted by Crippen LogP contribution is -2.38. The summed E-state index contributed by atoms with van der Waals surface area (Å²) in [7, 11) is 3.96. The Morgan fingerprint density at radius 3 is 2.72 bits per heavy atom. The van der Waals surface area contributed by atoms with Crippen LogP contribution in [0.15, 0.2) is 0 Å². The summed E-state index contributed by atoms with van der Waals surface area (Å²) in [4.78, 5) is 13.9. The maximum Gasteiger partial charge on any atom is 0.323 e. The van der Waals surface area contributed by atoms with Crippen LogP contribution < -0.4 is 5.32 Å². The van der Waals surface area contributed by atoms with Gasteiger partial charge in [0.1, 0.15) is 12.6 Å². The summed E-state index contributed by atoms with van der Waals surface area (Å²) < 4.78 is 5.30. The molecule has 0 bridgehead atoms. The minimum Gasteiger partial charge on any atom is -0.463 e. The third kappa shape index (κ3) is 4.11. The third-order valence-corrected chi connectivity index (χ3v) is 3.93. The van der Waals surface area contributed by atoms with E-state index in [1.807, 2.05) is 19.0 Å². The molecule has 2 rings (SSSR count). The number of esters is 1. The highest BCUT2D eigenvalue weighted by Crippen LogP contribution is 2.33. The molecule has 1 aliphatic carbocycles. The molecular weight excluding hydrogens is 252 g/mol. The Balaban J connectivity index is 0.00000162. The number of carbonyl (C=O) groups is 1. The van der Waals surface area contributed by atoms with Crippen molar-refractivity contribution in [2.24, 2.45) is 5.92 Å². The lowest BCUT2D eigenvalue weighted by atomic mass is 9.85. The molecule has 0 spiro atoms. The van der Waals surface area contributed by atoms with E-state index in [1.165, 1.54) is 25.7 Å². The van der Waals surface area contributed by atoms with Crippen molar-refractivity contribution in [3.8, 4) is 0 Å². The summed E-state index contributed by atoms with van der Waals surface area (Å²) in [5.74, 6) is 0.649. The van der Waals surface area contributed by atoms with Crippen LogP contribution in [0, 0.1) is 5.92 Å². The number of likely N-dealkylation sites (N-methyl/N-ethyl adjacent to an activating group) is 1. The van der Waals surface area contributed by atoms with Crippen LogP contribution >= 0.6 is 12.4 Å². The number of halogens is 1. The standard InChI is InChI=1S/C13H24N2O2.ClH/c1-15(2)7-8-17-13(16)12-9-10-5-3-4-6-11(10)14-12;/h10-12,14H,3-9H2,1-2H3;1H/t10-,11-,12-;/m0./s1. The molecule has 0 aromatic rings. The van der Waals surface area contributed by atoms with Gasteiger partial charge in [-0.25, -0.2) is 0 Å². The molecule has 3 atom stereocenters. The van der Waals surface area contributed by atoms with E-state index in [9.17, 15) is 4.79 Å². The zero-order valence-corrected chi connectivity index (χ0v) is 12.2. The predicted molar refractivity (Wildman–Crippen MR) is 74.0 cm³/mol. The highest BCUT2D eigenvalue weighted by Gasteiger charge is 2.38. The lowest BCUT2D eigenvalue weighted by Gasteiger charge is -2.24. The van der Waals surface area contributed by atoms with Gasteiger partial charge in [0, 0.05) is 12.6 Å². The van der Waals surface area contributed by atoms with Crippen LogP contribution in [0.25, 0.3) is 0 Å². The van der Waals surface area contributed by atoms with E-state index >= 15 is 0 Å². The van der Waals surface area contributed by atoms with Gasteiger partial charge < -0.3 is 15.0 Å². The molecule has 1 saturated heterocycles. The number of nitrogens with one attached hydrogen (secondary N) is 1. The molecular formula is C13H25ClN2O2. The van der Waals surface area contributed by atoms with E-state index < -0.39 is 0 Å². The maximum atomic E-state index is 11.9. The van der Waals surface area contributed by atoms with Crippen LogP contribution in [-0.2, 0) is 9.53 Å². The van der Waals surface area contributed by atoms with Crippen molar-refractivity contribution >= 4 is 18.4 Å². The number of rotatable bonds is 4. The van der Waals surface area contributed by atoms with Crippen LogP contribution in [0.2, 0.25) is 0 Å². The summed E-state index contributed by atoms with van der Waals surface area (Å²) in [5, 5.41) is 3.44. The van der Waals surface area contributed by atoms with Gasteiger partial charge in [-0.1, -0.05) is 12.8 Å². The van der Waals surface area contributed by atoms with E-state index in [0.717, 1.165) is 13.0 Å². The minimum absolute atomic E-state index is 0. The van der Waals surface area contributed by atoms with Crippen molar-refractivity contribution in [2.75, 3.05) is 27.2 Å². The molecule has 0 amide bonds. The molecule has 0 radical (unpaired) electrons. The molecule has 5 heteroatoms. The fourth-order valence-electron chi connectivity index (χ4n) is 2.93. The maximum absolute atomic E-state index is 11.9. The lowest BCUT2D eigenvalue weighted by molar-refractivity contribution is -0.146. The fourth-order valence-corrected chi connectivity index (χ4v) is 2.93. The number of nitrogens with zero attached hydrogens (tertiary/aromatic N) is 1. The first kappa shape index (κ1) is 15.7. The van der Waals surface area contributed by atoms with Crippen molar-refractivity contribution in [3.63, 3.8) is 0 Å². The highest BCUT2D eigenvalue weighted by atomic mass is 35.5. The first-order chi connectivity index (χ1) is 8.16. The zero-order chi connectivity index (χ0) is 12.3. The van der Waals surface area contributed by atoms with Gasteiger partial charge in [-0.15, -0.1) is 12.4 Å². The average Bonchev–Trinajstić information content (AvgIpc) is 2.71. The molecule has 2 fully saturated rings. The Kier molecular flexibility index (Phi) is 6.39. The van der Waals surface area contributed by atoms with Crippen molar-refractivity contribution in [2.45, 2.75) is 44.2 Å². The first-order valence-corrected chi connectivity index (χ1v) is 6.74. The van der Waals surface area contributed by atoms with Gasteiger partial charge in [0.15, 0.2) is 0 Å². The van der Waals surface area contributed by atoms with E-state index in [0.29, 0.717) is 18.6 Å². The summed E-state index contributed by atoms with van der Waals surface area (Å²) >= 11 is 0. The van der Waals surface area contributed by atoms with Gasteiger partial charge in [-0.3, -0.25) is 4.79 Å². The van der Waals surface area contributed by atoms with Gasteiger partial charge >= 0.3 is 5.97 Å². The van der Waals surface area contributed by atoms with Crippen molar-refractivity contribution < 1.29 is 9.53 Å². The van der Waals surface area contributed by atoms with Gasteiger partial charge in [0.2, 0.25) is 0 Å². The Labute approximate surface area is 116 Å². The molecule has 0 aromatic heterocycles. The Morgan fingerprint density at radius 1 is 1.33 bits per heavy atom. The third-order valence-electron chi connectivity index (χ3n) is 3.93. The van der Waals surface area contributed by atoms with Crippen LogP contribution in [0.4, 0.5) is 0 Å². The van der Waals surface area contributed by atoms with Crippen molar-refractivity contribution in [1.82, 2.24) is 10.2 Å². The SMILES string of the molecule is CN(C)CCOC(=O)[C@@H]1C[C@@H]2CCCC[C@@H]2N1.Cl. The second-order valence-corrected chi connectivity index (χ2v) is 5.58. The fraction of sp³-hybridized carbons (Fsp3) is 0.923. The Hall–Kier alpha value is -0.320. The summed E-state index contributed by atoms with van der Waals surface area (Å²) in [6.07, 6.45) is 6.11. The van der Waals surface area contributed by atoms with Crippen LogP contribution in [0.5, 0.6) is 0 Å². The van der Waals surface area contributed by atoms with Crippen molar-refractivity contribution in [3.05, 3.63) is 0 Å². The Bertz CT molecular complexity index is 260. The molecule has 4 nitrogen and oxygen atoms in total. The van der Waals surface area contributed by atoms with E-state index in [4.69, 9.17) is 4.74 Å². The van der Waals surface area contributed by atoms with Gasteiger partial charge in [0.25, 0.3) is 0 Å². The monoisotopic (exact) mass is 276 g/mol. The first-order valence-electron chi connectivity index (χ1n) is 6.74. The molecule has 106 valence electrons. The Morgan fingerprint density at radius 2 is 2.06 bits per heavy atom. The molecule has 0 unspecified atom stereocenters. The van der Waals surface area contributed by atoms with Crippen LogP contribution in [-0.4, -0.2) is 50.2 Å². The van der Waals surface area contributed by atoms with Crippen LogP contribution in [0.1, 0.15) is 32.1 Å². The molecule has 1 N–H and O–H groups in total. The molecule has 1 heterocycles. The summed E-state index contributed by atoms with van der Waals surface area (Å²) in [6, 6.07) is 0.514. The molecule has 1 aliphatic heterocycles. The largest absolute Gasteiger partial charge is 0.463 e. The van der Waals surface area contributed by atoms with Gasteiger partial charge in [-0.05, 0) is 39.3 Å². The summed E-state index contributed by atoms with van der Waals surface area (Å²) in [5.41, 5.74) is 0. The molecule has 0 aromatic carbocycles. The van der Waals surface area contributed by atoms with E-state index in [1.54, 1.807) is 0 Å². The molecule has 18 heavy (non-hydrogen) atoms. The van der Waals surface area contributed by atoms with Gasteiger partial charge in [0.05, 0.1) is 0 Å². The molecule has 1 saturated carbocycles. The normalized spacial score (nSPS) is 30.7. The number of ether oxygens (including phenoxy) is 1. The smallest absolute Gasteiger partial charge is 0.323 e. The minimum atomic E-state index is -0.0544. The number of fused-ring (bicyclic) bond motifs is 1. The second-order valence-electron chi connectivity index (χ2n) is 5.58. The van der Waals surface area contributed by atoms with E-state index in [-0.39, 0.29) is 24.4 Å². The van der Waals surface area contributed by atoms with E-state index in [2.05, 4.69) is 5.32 Å². The second kappa shape index (κ2) is 7.31.